The molecule has 0 aliphatic heterocycles. The zero-order chi connectivity index (χ0) is 14.1. The lowest BCUT2D eigenvalue weighted by atomic mass is 10.4. The van der Waals surface area contributed by atoms with Crippen molar-refractivity contribution in [2.24, 2.45) is 0 Å². The minimum absolute atomic E-state index is 0.167. The molecule has 0 saturated heterocycles. The zero-order valence-corrected chi connectivity index (χ0v) is 12.2. The summed E-state index contributed by atoms with van der Waals surface area (Å²) >= 11 is 5.90. The van der Waals surface area contributed by atoms with Gasteiger partial charge in [-0.3, -0.25) is 0 Å². The van der Waals surface area contributed by atoms with Gasteiger partial charge in [-0.05, 0) is 13.8 Å². The molecule has 0 fully saturated rings. The first-order chi connectivity index (χ1) is 9.17. The molecule has 1 aromatic heterocycles. The highest BCUT2D eigenvalue weighted by Gasteiger charge is 2.10. The van der Waals surface area contributed by atoms with E-state index in [4.69, 9.17) is 26.8 Å². The van der Waals surface area contributed by atoms with Gasteiger partial charge < -0.3 is 20.1 Å². The van der Waals surface area contributed by atoms with Crippen molar-refractivity contribution < 1.29 is 9.47 Å². The van der Waals surface area contributed by atoms with Gasteiger partial charge in [-0.15, -0.1) is 0 Å². The number of anilines is 2. The van der Waals surface area contributed by atoms with Gasteiger partial charge in [0, 0.05) is 32.4 Å². The molecule has 1 rings (SSSR count). The van der Waals surface area contributed by atoms with Crippen LogP contribution in [0.2, 0.25) is 5.15 Å². The molecule has 0 saturated carbocycles. The SMILES string of the molecule is CCOCCN(CCOCC)c1cc(Cl)nc(N)n1. The van der Waals surface area contributed by atoms with Crippen molar-refractivity contribution in [2.75, 3.05) is 50.2 Å². The fourth-order valence-electron chi connectivity index (χ4n) is 1.56. The van der Waals surface area contributed by atoms with Gasteiger partial charge in [0.1, 0.15) is 11.0 Å². The average Bonchev–Trinajstić information content (AvgIpc) is 2.36. The van der Waals surface area contributed by atoms with Crippen LogP contribution in [0.1, 0.15) is 13.8 Å². The highest BCUT2D eigenvalue weighted by molar-refractivity contribution is 6.29. The second-order valence-electron chi connectivity index (χ2n) is 3.79. The number of aromatic nitrogens is 2. The van der Waals surface area contributed by atoms with Crippen molar-refractivity contribution in [1.82, 2.24) is 9.97 Å². The summed E-state index contributed by atoms with van der Waals surface area (Å²) < 4.78 is 10.7. The lowest BCUT2D eigenvalue weighted by Crippen LogP contribution is -2.32. The van der Waals surface area contributed by atoms with Crippen LogP contribution in [0.5, 0.6) is 0 Å². The van der Waals surface area contributed by atoms with Crippen molar-refractivity contribution in [3.8, 4) is 0 Å². The molecule has 108 valence electrons. The van der Waals surface area contributed by atoms with Crippen LogP contribution in [0.25, 0.3) is 0 Å². The maximum Gasteiger partial charge on any atom is 0.223 e. The van der Waals surface area contributed by atoms with Crippen LogP contribution < -0.4 is 10.6 Å². The van der Waals surface area contributed by atoms with Crippen LogP contribution >= 0.6 is 11.6 Å². The van der Waals surface area contributed by atoms with Crippen molar-refractivity contribution >= 4 is 23.4 Å². The van der Waals surface area contributed by atoms with Crippen molar-refractivity contribution in [3.05, 3.63) is 11.2 Å². The number of hydrogen-bond donors (Lipinski definition) is 1. The lowest BCUT2D eigenvalue weighted by Gasteiger charge is -2.23. The van der Waals surface area contributed by atoms with Crippen molar-refractivity contribution in [2.45, 2.75) is 13.8 Å². The molecule has 0 aliphatic carbocycles. The Morgan fingerprint density at radius 2 is 1.74 bits per heavy atom. The fraction of sp³-hybridized carbons (Fsp3) is 0.667. The Balaban J connectivity index is 2.69. The smallest absolute Gasteiger partial charge is 0.223 e. The highest BCUT2D eigenvalue weighted by atomic mass is 35.5. The summed E-state index contributed by atoms with van der Waals surface area (Å²) in [5, 5.41) is 0.334. The minimum atomic E-state index is 0.167. The van der Waals surface area contributed by atoms with E-state index >= 15 is 0 Å². The zero-order valence-electron chi connectivity index (χ0n) is 11.4. The molecule has 7 heteroatoms. The van der Waals surface area contributed by atoms with Gasteiger partial charge in [0.2, 0.25) is 5.95 Å². The van der Waals surface area contributed by atoms with Crippen LogP contribution in [-0.2, 0) is 9.47 Å². The van der Waals surface area contributed by atoms with E-state index in [0.29, 0.717) is 50.5 Å². The molecule has 1 heterocycles. The van der Waals surface area contributed by atoms with Gasteiger partial charge in [0.25, 0.3) is 0 Å². The van der Waals surface area contributed by atoms with E-state index in [1.807, 2.05) is 18.7 Å². The summed E-state index contributed by atoms with van der Waals surface area (Å²) in [5.74, 6) is 0.859. The van der Waals surface area contributed by atoms with Gasteiger partial charge in [-0.1, -0.05) is 11.6 Å². The van der Waals surface area contributed by atoms with Gasteiger partial charge in [0.05, 0.1) is 13.2 Å². The van der Waals surface area contributed by atoms with Crippen LogP contribution in [0.3, 0.4) is 0 Å². The molecular weight excluding hydrogens is 268 g/mol. The van der Waals surface area contributed by atoms with Gasteiger partial charge in [-0.2, -0.15) is 4.98 Å². The van der Waals surface area contributed by atoms with E-state index in [-0.39, 0.29) is 5.95 Å². The Morgan fingerprint density at radius 1 is 1.16 bits per heavy atom. The topological polar surface area (TPSA) is 73.5 Å². The lowest BCUT2D eigenvalue weighted by molar-refractivity contribution is 0.141. The third-order valence-electron chi connectivity index (χ3n) is 2.44. The van der Waals surface area contributed by atoms with Crippen LogP contribution in [0, 0.1) is 0 Å². The first-order valence-electron chi connectivity index (χ1n) is 6.37. The second-order valence-corrected chi connectivity index (χ2v) is 4.18. The number of hydrogen-bond acceptors (Lipinski definition) is 6. The van der Waals surface area contributed by atoms with Crippen LogP contribution in [0.4, 0.5) is 11.8 Å². The van der Waals surface area contributed by atoms with Crippen LogP contribution in [0.15, 0.2) is 6.07 Å². The van der Waals surface area contributed by atoms with Crippen molar-refractivity contribution in [1.29, 1.82) is 0 Å². The van der Waals surface area contributed by atoms with Crippen molar-refractivity contribution in [3.63, 3.8) is 0 Å². The molecule has 0 atom stereocenters. The largest absolute Gasteiger partial charge is 0.380 e. The third-order valence-corrected chi connectivity index (χ3v) is 2.64. The summed E-state index contributed by atoms with van der Waals surface area (Å²) in [6.45, 7) is 7.93. The normalized spacial score (nSPS) is 10.7. The van der Waals surface area contributed by atoms with Gasteiger partial charge in [-0.25, -0.2) is 4.98 Å². The number of rotatable bonds is 9. The molecule has 0 bridgehead atoms. The quantitative estimate of drug-likeness (QED) is 0.549. The number of nitrogen functional groups attached to an aromatic ring is 1. The van der Waals surface area contributed by atoms with Gasteiger partial charge in [0.15, 0.2) is 0 Å². The molecule has 0 aliphatic rings. The van der Waals surface area contributed by atoms with E-state index in [9.17, 15) is 0 Å². The number of nitrogens with zero attached hydrogens (tertiary/aromatic N) is 3. The Morgan fingerprint density at radius 3 is 2.21 bits per heavy atom. The average molecular weight is 289 g/mol. The molecule has 0 amide bonds. The van der Waals surface area contributed by atoms with E-state index in [0.717, 1.165) is 0 Å². The van der Waals surface area contributed by atoms with E-state index in [1.165, 1.54) is 0 Å². The Labute approximate surface area is 118 Å². The summed E-state index contributed by atoms with van der Waals surface area (Å²) in [7, 11) is 0. The first kappa shape index (κ1) is 15.9. The summed E-state index contributed by atoms with van der Waals surface area (Å²) in [4.78, 5) is 10.1. The maximum absolute atomic E-state index is 5.90. The highest BCUT2D eigenvalue weighted by Crippen LogP contribution is 2.16. The van der Waals surface area contributed by atoms with E-state index in [1.54, 1.807) is 6.07 Å². The molecule has 0 radical (unpaired) electrons. The molecule has 0 unspecified atom stereocenters. The molecule has 0 aromatic carbocycles. The molecule has 6 nitrogen and oxygen atoms in total. The van der Waals surface area contributed by atoms with E-state index in [2.05, 4.69) is 9.97 Å². The Kier molecular flexibility index (Phi) is 7.47. The third kappa shape index (κ3) is 6.04. The fourth-order valence-corrected chi connectivity index (χ4v) is 1.75. The van der Waals surface area contributed by atoms with Gasteiger partial charge >= 0.3 is 0 Å². The molecular formula is C12H21ClN4O2. The maximum atomic E-state index is 5.90. The van der Waals surface area contributed by atoms with Crippen LogP contribution in [-0.4, -0.2) is 49.5 Å². The predicted molar refractivity (Wildman–Crippen MR) is 76.7 cm³/mol. The Bertz CT molecular complexity index is 348. The first-order valence-corrected chi connectivity index (χ1v) is 6.75. The number of halogens is 1. The monoisotopic (exact) mass is 288 g/mol. The molecule has 19 heavy (non-hydrogen) atoms. The number of ether oxygens (including phenoxy) is 2. The summed E-state index contributed by atoms with van der Waals surface area (Å²) in [6, 6.07) is 1.69. The molecule has 1 aromatic rings. The molecule has 0 spiro atoms. The summed E-state index contributed by atoms with van der Waals surface area (Å²) in [6.07, 6.45) is 0. The predicted octanol–water partition coefficient (Wildman–Crippen LogP) is 1.59. The van der Waals surface area contributed by atoms with E-state index < -0.39 is 0 Å². The second kappa shape index (κ2) is 8.90. The Hall–Kier alpha value is -1.11. The summed E-state index contributed by atoms with van der Waals surface area (Å²) in [5.41, 5.74) is 5.61. The minimum Gasteiger partial charge on any atom is -0.380 e. The number of nitrogens with two attached hydrogens (primary N) is 1. The standard InChI is InChI=1S/C12H21ClN4O2/c1-3-18-7-5-17(6-8-19-4-2)11-9-10(13)15-12(14)16-11/h9H,3-8H2,1-2H3,(H2,14,15,16). The molecule has 2 N–H and O–H groups in total.